The Morgan fingerprint density at radius 3 is 2.80 bits per heavy atom. The first kappa shape index (κ1) is 12.5. The molecular weight excluding hydrogens is 188 g/mol. The molecule has 1 fully saturated rings. The van der Waals surface area contributed by atoms with Crippen LogP contribution >= 0.6 is 0 Å². The first-order valence-electron chi connectivity index (χ1n) is 6.45. The van der Waals surface area contributed by atoms with Crippen molar-refractivity contribution in [3.63, 3.8) is 0 Å². The molecule has 0 N–H and O–H groups in total. The summed E-state index contributed by atoms with van der Waals surface area (Å²) in [4.78, 5) is 11.2. The van der Waals surface area contributed by atoms with Crippen LogP contribution in [0.15, 0.2) is 0 Å². The van der Waals surface area contributed by atoms with Gasteiger partial charge in [-0.2, -0.15) is 0 Å². The maximum Gasteiger partial charge on any atom is 0.305 e. The van der Waals surface area contributed by atoms with Gasteiger partial charge in [0, 0.05) is 6.42 Å². The van der Waals surface area contributed by atoms with Crippen molar-refractivity contribution in [3.8, 4) is 0 Å². The van der Waals surface area contributed by atoms with Crippen molar-refractivity contribution in [2.45, 2.75) is 71.3 Å². The van der Waals surface area contributed by atoms with E-state index in [1.54, 1.807) is 0 Å². The SMILES string of the molecule is CCCCC1CCCC(OC(=O)CC)C1. The lowest BCUT2D eigenvalue weighted by Gasteiger charge is -2.28. The lowest BCUT2D eigenvalue weighted by Crippen LogP contribution is -2.25. The van der Waals surface area contributed by atoms with Crippen LogP contribution in [0.5, 0.6) is 0 Å². The largest absolute Gasteiger partial charge is 0.462 e. The molecule has 2 atom stereocenters. The van der Waals surface area contributed by atoms with Crippen molar-refractivity contribution < 1.29 is 9.53 Å². The molecule has 2 nitrogen and oxygen atoms in total. The molecule has 2 unspecified atom stereocenters. The third-order valence-corrected chi connectivity index (χ3v) is 3.29. The maximum atomic E-state index is 11.2. The average Bonchev–Trinajstić information content (AvgIpc) is 2.26. The molecule has 0 heterocycles. The van der Waals surface area contributed by atoms with Crippen molar-refractivity contribution in [1.82, 2.24) is 0 Å². The quantitative estimate of drug-likeness (QED) is 0.650. The van der Waals surface area contributed by atoms with Crippen molar-refractivity contribution in [2.75, 3.05) is 0 Å². The van der Waals surface area contributed by atoms with E-state index in [1.807, 2.05) is 6.92 Å². The number of esters is 1. The van der Waals surface area contributed by atoms with Crippen LogP contribution in [-0.4, -0.2) is 12.1 Å². The topological polar surface area (TPSA) is 26.3 Å². The summed E-state index contributed by atoms with van der Waals surface area (Å²) in [6.07, 6.45) is 9.38. The highest BCUT2D eigenvalue weighted by Gasteiger charge is 2.23. The molecule has 1 saturated carbocycles. The van der Waals surface area contributed by atoms with Crippen LogP contribution in [0.4, 0.5) is 0 Å². The second-order valence-electron chi connectivity index (χ2n) is 4.64. The third-order valence-electron chi connectivity index (χ3n) is 3.29. The fraction of sp³-hybridized carbons (Fsp3) is 0.923. The molecule has 0 spiro atoms. The van der Waals surface area contributed by atoms with Crippen LogP contribution in [0, 0.1) is 5.92 Å². The Morgan fingerprint density at radius 2 is 2.13 bits per heavy atom. The summed E-state index contributed by atoms with van der Waals surface area (Å²) in [5.74, 6) is 0.768. The number of carbonyl (C=O) groups is 1. The van der Waals surface area contributed by atoms with Gasteiger partial charge in [-0.05, 0) is 25.2 Å². The zero-order chi connectivity index (χ0) is 11.1. The normalized spacial score (nSPS) is 26.3. The van der Waals surface area contributed by atoms with Gasteiger partial charge in [-0.25, -0.2) is 0 Å². The van der Waals surface area contributed by atoms with Gasteiger partial charge in [0.15, 0.2) is 0 Å². The van der Waals surface area contributed by atoms with E-state index in [4.69, 9.17) is 4.74 Å². The fourth-order valence-electron chi connectivity index (χ4n) is 2.37. The van der Waals surface area contributed by atoms with Gasteiger partial charge >= 0.3 is 5.97 Å². The number of rotatable bonds is 5. The van der Waals surface area contributed by atoms with E-state index in [0.29, 0.717) is 6.42 Å². The van der Waals surface area contributed by atoms with Crippen LogP contribution in [-0.2, 0) is 9.53 Å². The van der Waals surface area contributed by atoms with Gasteiger partial charge < -0.3 is 4.74 Å². The molecular formula is C13H24O2. The highest BCUT2D eigenvalue weighted by atomic mass is 16.5. The second kappa shape index (κ2) is 6.86. The number of ether oxygens (including phenoxy) is 1. The summed E-state index contributed by atoms with van der Waals surface area (Å²) in [6.45, 7) is 4.09. The minimum absolute atomic E-state index is 0.0314. The first-order valence-corrected chi connectivity index (χ1v) is 6.45. The van der Waals surface area contributed by atoms with E-state index >= 15 is 0 Å². The van der Waals surface area contributed by atoms with E-state index in [1.165, 1.54) is 32.1 Å². The van der Waals surface area contributed by atoms with Crippen LogP contribution < -0.4 is 0 Å². The zero-order valence-corrected chi connectivity index (χ0v) is 10.1. The van der Waals surface area contributed by atoms with E-state index < -0.39 is 0 Å². The monoisotopic (exact) mass is 212 g/mol. The molecule has 15 heavy (non-hydrogen) atoms. The molecule has 0 bridgehead atoms. The van der Waals surface area contributed by atoms with Crippen molar-refractivity contribution >= 4 is 5.97 Å². The summed E-state index contributed by atoms with van der Waals surface area (Å²) in [5, 5.41) is 0. The zero-order valence-electron chi connectivity index (χ0n) is 10.1. The van der Waals surface area contributed by atoms with Crippen LogP contribution in [0.2, 0.25) is 0 Å². The van der Waals surface area contributed by atoms with E-state index in [2.05, 4.69) is 6.92 Å². The number of unbranched alkanes of at least 4 members (excludes halogenated alkanes) is 1. The first-order chi connectivity index (χ1) is 7.26. The molecule has 0 saturated heterocycles. The van der Waals surface area contributed by atoms with Crippen LogP contribution in [0.1, 0.15) is 65.2 Å². The molecule has 1 aliphatic carbocycles. The molecule has 0 aliphatic heterocycles. The smallest absolute Gasteiger partial charge is 0.305 e. The molecule has 88 valence electrons. The number of hydrogen-bond donors (Lipinski definition) is 0. The highest BCUT2D eigenvalue weighted by Crippen LogP contribution is 2.30. The Kier molecular flexibility index (Phi) is 5.74. The number of hydrogen-bond acceptors (Lipinski definition) is 2. The Balaban J connectivity index is 2.25. The van der Waals surface area contributed by atoms with Gasteiger partial charge in [0.2, 0.25) is 0 Å². The van der Waals surface area contributed by atoms with Crippen molar-refractivity contribution in [3.05, 3.63) is 0 Å². The molecule has 0 aromatic rings. The Bertz CT molecular complexity index is 189. The molecule has 1 aliphatic rings. The minimum Gasteiger partial charge on any atom is -0.462 e. The lowest BCUT2D eigenvalue weighted by molar-refractivity contribution is -0.150. The van der Waals surface area contributed by atoms with Crippen LogP contribution in [0.3, 0.4) is 0 Å². The van der Waals surface area contributed by atoms with Crippen LogP contribution in [0.25, 0.3) is 0 Å². The van der Waals surface area contributed by atoms with Crippen molar-refractivity contribution in [2.24, 2.45) is 5.92 Å². The molecule has 2 heteroatoms. The second-order valence-corrected chi connectivity index (χ2v) is 4.64. The van der Waals surface area contributed by atoms with E-state index in [9.17, 15) is 4.79 Å². The molecule has 0 amide bonds. The highest BCUT2D eigenvalue weighted by molar-refractivity contribution is 5.69. The van der Waals surface area contributed by atoms with Gasteiger partial charge in [0.25, 0.3) is 0 Å². The van der Waals surface area contributed by atoms with Gasteiger partial charge in [0.05, 0.1) is 0 Å². The molecule has 0 aromatic carbocycles. The predicted molar refractivity (Wildman–Crippen MR) is 61.7 cm³/mol. The van der Waals surface area contributed by atoms with Gasteiger partial charge in [-0.15, -0.1) is 0 Å². The Hall–Kier alpha value is -0.530. The molecule has 0 aromatic heterocycles. The summed E-state index contributed by atoms with van der Waals surface area (Å²) >= 11 is 0. The summed E-state index contributed by atoms with van der Waals surface area (Å²) in [5.41, 5.74) is 0. The summed E-state index contributed by atoms with van der Waals surface area (Å²) in [6, 6.07) is 0. The van der Waals surface area contributed by atoms with Gasteiger partial charge in [-0.3, -0.25) is 4.79 Å². The average molecular weight is 212 g/mol. The summed E-state index contributed by atoms with van der Waals surface area (Å²) < 4.78 is 5.41. The minimum atomic E-state index is -0.0314. The standard InChI is InChI=1S/C13H24O2/c1-3-5-7-11-8-6-9-12(10-11)15-13(14)4-2/h11-12H,3-10H2,1-2H3. The molecule has 1 rings (SSSR count). The Labute approximate surface area is 93.4 Å². The van der Waals surface area contributed by atoms with Crippen molar-refractivity contribution in [1.29, 1.82) is 0 Å². The van der Waals surface area contributed by atoms with E-state index in [-0.39, 0.29) is 12.1 Å². The summed E-state index contributed by atoms with van der Waals surface area (Å²) in [7, 11) is 0. The number of carbonyl (C=O) groups excluding carboxylic acids is 1. The Morgan fingerprint density at radius 1 is 1.33 bits per heavy atom. The van der Waals surface area contributed by atoms with E-state index in [0.717, 1.165) is 18.8 Å². The fourth-order valence-corrected chi connectivity index (χ4v) is 2.37. The lowest BCUT2D eigenvalue weighted by atomic mass is 9.84. The maximum absolute atomic E-state index is 11.2. The van der Waals surface area contributed by atoms with Gasteiger partial charge in [-0.1, -0.05) is 39.5 Å². The molecule has 0 radical (unpaired) electrons. The van der Waals surface area contributed by atoms with Gasteiger partial charge in [0.1, 0.15) is 6.10 Å². The third kappa shape index (κ3) is 4.67. The predicted octanol–water partition coefficient (Wildman–Crippen LogP) is 3.69.